The topological polar surface area (TPSA) is 46.6 Å². The van der Waals surface area contributed by atoms with Crippen molar-refractivity contribution in [2.45, 2.75) is 26.7 Å². The van der Waals surface area contributed by atoms with Gasteiger partial charge in [0.1, 0.15) is 0 Å². The number of ether oxygens (including phenoxy) is 1. The van der Waals surface area contributed by atoms with Gasteiger partial charge in [-0.3, -0.25) is 4.79 Å². The molecular formula is C16H21NO3. The molecule has 0 saturated carbocycles. The van der Waals surface area contributed by atoms with Gasteiger partial charge in [-0.1, -0.05) is 23.8 Å². The summed E-state index contributed by atoms with van der Waals surface area (Å²) >= 11 is 0. The van der Waals surface area contributed by atoms with Gasteiger partial charge < -0.3 is 9.64 Å². The van der Waals surface area contributed by atoms with Gasteiger partial charge in [0.15, 0.2) is 5.78 Å². The molecule has 108 valence electrons. The van der Waals surface area contributed by atoms with Crippen LogP contribution in [0.15, 0.2) is 18.2 Å². The number of hydrogen-bond donors (Lipinski definition) is 0. The number of aryl methyl sites for hydroxylation is 2. The molecule has 1 saturated heterocycles. The van der Waals surface area contributed by atoms with E-state index in [1.165, 1.54) is 12.7 Å². The Hall–Kier alpha value is -1.84. The number of ketones is 1. The Bertz CT molecular complexity index is 516. The van der Waals surface area contributed by atoms with Gasteiger partial charge in [0, 0.05) is 24.6 Å². The van der Waals surface area contributed by atoms with Gasteiger partial charge in [-0.25, -0.2) is 4.79 Å². The van der Waals surface area contributed by atoms with Crippen molar-refractivity contribution in [3.8, 4) is 0 Å². The second-order valence-electron chi connectivity index (χ2n) is 5.41. The minimum absolute atomic E-state index is 0.0114. The number of benzene rings is 1. The molecule has 0 aliphatic carbocycles. The zero-order valence-corrected chi connectivity index (χ0v) is 12.3. The highest BCUT2D eigenvalue weighted by molar-refractivity contribution is 5.99. The summed E-state index contributed by atoms with van der Waals surface area (Å²) in [5.41, 5.74) is 3.01. The quantitative estimate of drug-likeness (QED) is 0.780. The van der Waals surface area contributed by atoms with Crippen LogP contribution in [0.1, 0.15) is 34.3 Å². The zero-order valence-electron chi connectivity index (χ0n) is 12.3. The lowest BCUT2D eigenvalue weighted by Crippen LogP contribution is -2.40. The number of carbonyl (C=O) groups excluding carboxylic acids is 2. The van der Waals surface area contributed by atoms with Crippen molar-refractivity contribution < 1.29 is 14.3 Å². The lowest BCUT2D eigenvalue weighted by molar-refractivity contribution is 0.0793. The van der Waals surface area contributed by atoms with E-state index in [4.69, 9.17) is 4.74 Å². The third kappa shape index (κ3) is 3.00. The van der Waals surface area contributed by atoms with Gasteiger partial charge in [-0.15, -0.1) is 0 Å². The van der Waals surface area contributed by atoms with Crippen molar-refractivity contribution in [2.24, 2.45) is 5.92 Å². The predicted octanol–water partition coefficient (Wildman–Crippen LogP) is 2.96. The lowest BCUT2D eigenvalue weighted by Gasteiger charge is -2.30. The third-order valence-corrected chi connectivity index (χ3v) is 3.95. The first-order valence-electron chi connectivity index (χ1n) is 6.97. The maximum absolute atomic E-state index is 12.5. The second kappa shape index (κ2) is 6.07. The number of hydrogen-bond acceptors (Lipinski definition) is 3. The van der Waals surface area contributed by atoms with E-state index >= 15 is 0 Å². The molecule has 4 heteroatoms. The van der Waals surface area contributed by atoms with E-state index in [9.17, 15) is 9.59 Å². The highest BCUT2D eigenvalue weighted by atomic mass is 16.5. The Morgan fingerprint density at radius 1 is 1.20 bits per heavy atom. The predicted molar refractivity (Wildman–Crippen MR) is 76.9 cm³/mol. The molecule has 0 N–H and O–H groups in total. The molecule has 1 aromatic rings. The maximum Gasteiger partial charge on any atom is 0.409 e. The van der Waals surface area contributed by atoms with Crippen LogP contribution >= 0.6 is 0 Å². The van der Waals surface area contributed by atoms with E-state index < -0.39 is 0 Å². The molecule has 1 aliphatic heterocycles. The summed E-state index contributed by atoms with van der Waals surface area (Å²) in [4.78, 5) is 25.6. The molecule has 0 spiro atoms. The molecule has 20 heavy (non-hydrogen) atoms. The van der Waals surface area contributed by atoms with Crippen LogP contribution in [0.4, 0.5) is 4.79 Å². The lowest BCUT2D eigenvalue weighted by atomic mass is 9.87. The smallest absolute Gasteiger partial charge is 0.409 e. The van der Waals surface area contributed by atoms with E-state index in [2.05, 4.69) is 0 Å². The average Bonchev–Trinajstić information content (AvgIpc) is 2.46. The second-order valence-corrected chi connectivity index (χ2v) is 5.41. The van der Waals surface area contributed by atoms with Crippen LogP contribution in [0.3, 0.4) is 0 Å². The number of amides is 1. The van der Waals surface area contributed by atoms with E-state index in [-0.39, 0.29) is 17.8 Å². The Balaban J connectivity index is 2.03. The molecule has 1 aliphatic rings. The maximum atomic E-state index is 12.5. The molecular weight excluding hydrogens is 254 g/mol. The van der Waals surface area contributed by atoms with Crippen LogP contribution in [0.2, 0.25) is 0 Å². The summed E-state index contributed by atoms with van der Waals surface area (Å²) in [6, 6.07) is 5.93. The van der Waals surface area contributed by atoms with Crippen molar-refractivity contribution in [1.29, 1.82) is 0 Å². The van der Waals surface area contributed by atoms with Crippen molar-refractivity contribution in [3.05, 3.63) is 34.9 Å². The van der Waals surface area contributed by atoms with Crippen molar-refractivity contribution >= 4 is 11.9 Å². The van der Waals surface area contributed by atoms with Crippen LogP contribution in [-0.2, 0) is 4.74 Å². The summed E-state index contributed by atoms with van der Waals surface area (Å²) < 4.78 is 4.70. The number of nitrogens with zero attached hydrogens (tertiary/aromatic N) is 1. The number of methoxy groups -OCH3 is 1. The number of likely N-dealkylation sites (tertiary alicyclic amines) is 1. The highest BCUT2D eigenvalue weighted by Gasteiger charge is 2.28. The van der Waals surface area contributed by atoms with Crippen LogP contribution in [-0.4, -0.2) is 37.0 Å². The molecule has 2 rings (SSSR count). The van der Waals surface area contributed by atoms with Gasteiger partial charge in [0.25, 0.3) is 0 Å². The molecule has 4 nitrogen and oxygen atoms in total. The number of rotatable bonds is 2. The monoisotopic (exact) mass is 275 g/mol. The minimum Gasteiger partial charge on any atom is -0.453 e. The Morgan fingerprint density at radius 3 is 2.40 bits per heavy atom. The Kier molecular flexibility index (Phi) is 4.42. The largest absolute Gasteiger partial charge is 0.453 e. The summed E-state index contributed by atoms with van der Waals surface area (Å²) in [5, 5.41) is 0. The molecule has 0 atom stereocenters. The SMILES string of the molecule is COC(=O)N1CCC(C(=O)c2ccc(C)cc2C)CC1. The van der Waals surface area contributed by atoms with Crippen LogP contribution in [0, 0.1) is 19.8 Å². The molecule has 0 bridgehead atoms. The first-order chi connectivity index (χ1) is 9.52. The Labute approximate surface area is 119 Å². The van der Waals surface area contributed by atoms with Gasteiger partial charge in [-0.05, 0) is 32.3 Å². The molecule has 1 fully saturated rings. The molecule has 0 radical (unpaired) electrons. The fraction of sp³-hybridized carbons (Fsp3) is 0.500. The molecule has 1 amide bonds. The zero-order chi connectivity index (χ0) is 14.7. The summed E-state index contributed by atoms with van der Waals surface area (Å²) in [7, 11) is 1.38. The van der Waals surface area contributed by atoms with E-state index in [1.54, 1.807) is 4.90 Å². The standard InChI is InChI=1S/C16H21NO3/c1-11-4-5-14(12(2)10-11)15(18)13-6-8-17(9-7-13)16(19)20-3/h4-5,10,13H,6-9H2,1-3H3. The fourth-order valence-electron chi connectivity index (χ4n) is 2.76. The summed E-state index contributed by atoms with van der Waals surface area (Å²) in [5.74, 6) is 0.212. The number of Topliss-reactive ketones (excluding diaryl/α,β-unsaturated/α-hetero) is 1. The fourth-order valence-corrected chi connectivity index (χ4v) is 2.76. The van der Waals surface area contributed by atoms with E-state index in [1.807, 2.05) is 32.0 Å². The summed E-state index contributed by atoms with van der Waals surface area (Å²) in [6.07, 6.45) is 1.12. The molecule has 1 aromatic carbocycles. The normalized spacial score (nSPS) is 16.1. The average molecular weight is 275 g/mol. The van der Waals surface area contributed by atoms with Crippen LogP contribution in [0.5, 0.6) is 0 Å². The molecule has 0 unspecified atom stereocenters. The first-order valence-corrected chi connectivity index (χ1v) is 6.97. The van der Waals surface area contributed by atoms with Crippen molar-refractivity contribution in [3.63, 3.8) is 0 Å². The molecule has 1 heterocycles. The third-order valence-electron chi connectivity index (χ3n) is 3.95. The van der Waals surface area contributed by atoms with Crippen LogP contribution in [0.25, 0.3) is 0 Å². The van der Waals surface area contributed by atoms with E-state index in [0.29, 0.717) is 25.9 Å². The first kappa shape index (κ1) is 14.6. The van der Waals surface area contributed by atoms with Crippen LogP contribution < -0.4 is 0 Å². The van der Waals surface area contributed by atoms with Gasteiger partial charge in [0.05, 0.1) is 7.11 Å². The molecule has 0 aromatic heterocycles. The number of piperidine rings is 1. The summed E-state index contributed by atoms with van der Waals surface area (Å²) in [6.45, 7) is 5.18. The van der Waals surface area contributed by atoms with Gasteiger partial charge >= 0.3 is 6.09 Å². The number of carbonyl (C=O) groups is 2. The van der Waals surface area contributed by atoms with Gasteiger partial charge in [0.2, 0.25) is 0 Å². The minimum atomic E-state index is -0.303. The Morgan fingerprint density at radius 2 is 1.85 bits per heavy atom. The van der Waals surface area contributed by atoms with E-state index in [0.717, 1.165) is 11.1 Å². The highest BCUT2D eigenvalue weighted by Crippen LogP contribution is 2.24. The van der Waals surface area contributed by atoms with Crippen molar-refractivity contribution in [2.75, 3.05) is 20.2 Å². The van der Waals surface area contributed by atoms with Crippen molar-refractivity contribution in [1.82, 2.24) is 4.90 Å². The van der Waals surface area contributed by atoms with Gasteiger partial charge in [-0.2, -0.15) is 0 Å².